The molecule has 1 fully saturated rings. The van der Waals surface area contributed by atoms with Crippen LogP contribution in [0.2, 0.25) is 0 Å². The second kappa shape index (κ2) is 10.2. The molecule has 1 aliphatic carbocycles. The molecule has 8 nitrogen and oxygen atoms in total. The molecule has 0 unspecified atom stereocenters. The molecule has 2 N–H and O–H groups in total. The largest absolute Gasteiger partial charge is 0.511 e. The number of nitrogens with one attached hydrogen (secondary N) is 1. The van der Waals surface area contributed by atoms with E-state index >= 15 is 0 Å². The van der Waals surface area contributed by atoms with Crippen LogP contribution in [0.4, 0.5) is 14.9 Å². The van der Waals surface area contributed by atoms with Crippen LogP contribution in [0.3, 0.4) is 0 Å². The molecule has 35 heavy (non-hydrogen) atoms. The normalized spacial score (nSPS) is 18.6. The highest BCUT2D eigenvalue weighted by Crippen LogP contribution is 2.57. The van der Waals surface area contributed by atoms with Gasteiger partial charge in [-0.2, -0.15) is 0 Å². The Morgan fingerprint density at radius 2 is 2.06 bits per heavy atom. The maximum Gasteiger partial charge on any atom is 0.511 e. The second-order valence-electron chi connectivity index (χ2n) is 8.65. The van der Waals surface area contributed by atoms with E-state index in [2.05, 4.69) is 23.5 Å². The van der Waals surface area contributed by atoms with Gasteiger partial charge in [0.15, 0.2) is 5.75 Å². The molecule has 2 aromatic carbocycles. The van der Waals surface area contributed by atoms with Crippen LogP contribution in [0, 0.1) is 11.7 Å². The molecule has 0 bridgehead atoms. The Bertz CT molecular complexity index is 1240. The minimum atomic E-state index is -4.22. The summed E-state index contributed by atoms with van der Waals surface area (Å²) in [6, 6.07) is 6.61. The molecule has 2 aromatic rings. The monoisotopic (exact) mass is 504 g/mol. The van der Waals surface area contributed by atoms with Gasteiger partial charge in [0.1, 0.15) is 5.82 Å². The highest BCUT2D eigenvalue weighted by atomic mass is 32.2. The summed E-state index contributed by atoms with van der Waals surface area (Å²) in [5, 5.41) is 9.25. The van der Waals surface area contributed by atoms with E-state index in [-0.39, 0.29) is 33.6 Å². The first-order chi connectivity index (χ1) is 16.7. The van der Waals surface area contributed by atoms with E-state index in [0.717, 1.165) is 43.8 Å². The van der Waals surface area contributed by atoms with Gasteiger partial charge < -0.3 is 19.5 Å². The summed E-state index contributed by atoms with van der Waals surface area (Å²) in [4.78, 5) is 13.4. The Balaban J connectivity index is 1.63. The summed E-state index contributed by atoms with van der Waals surface area (Å²) < 4.78 is 53.7. The summed E-state index contributed by atoms with van der Waals surface area (Å²) in [7, 11) is -4.22. The Hall–Kier alpha value is -3.11. The zero-order valence-corrected chi connectivity index (χ0v) is 20.5. The first-order valence-electron chi connectivity index (χ1n) is 11.6. The van der Waals surface area contributed by atoms with Gasteiger partial charge in [0.25, 0.3) is 10.0 Å². The highest BCUT2D eigenvalue weighted by molar-refractivity contribution is 7.92. The van der Waals surface area contributed by atoms with Crippen molar-refractivity contribution in [2.75, 3.05) is 31.0 Å². The Labute approximate surface area is 204 Å². The molecule has 0 spiro atoms. The van der Waals surface area contributed by atoms with E-state index in [1.165, 1.54) is 12.1 Å². The van der Waals surface area contributed by atoms with Gasteiger partial charge in [-0.05, 0) is 61.7 Å². The van der Waals surface area contributed by atoms with Crippen molar-refractivity contribution in [3.8, 4) is 11.5 Å². The number of fused-ring (bicyclic) bond motifs is 3. The van der Waals surface area contributed by atoms with Crippen LogP contribution < -0.4 is 14.2 Å². The lowest BCUT2D eigenvalue weighted by Gasteiger charge is -2.21. The van der Waals surface area contributed by atoms with Crippen LogP contribution in [-0.2, 0) is 10.0 Å². The predicted octanol–water partition coefficient (Wildman–Crippen LogP) is 4.92. The summed E-state index contributed by atoms with van der Waals surface area (Å²) >= 11 is 0. The topological polar surface area (TPSA) is 105 Å². The fourth-order valence-corrected chi connectivity index (χ4v) is 5.64. The maximum absolute atomic E-state index is 14.0. The number of hydrogen-bond donors (Lipinski definition) is 2. The molecule has 2 atom stereocenters. The zero-order valence-electron chi connectivity index (χ0n) is 19.7. The lowest BCUT2D eigenvalue weighted by molar-refractivity contribution is 0.141. The first kappa shape index (κ1) is 25.0. The fraction of sp³-hybridized carbons (Fsp3) is 0.400. The number of ether oxygens (including phenoxy) is 2. The predicted molar refractivity (Wildman–Crippen MR) is 130 cm³/mol. The van der Waals surface area contributed by atoms with Gasteiger partial charge in [0.05, 0.1) is 17.2 Å². The molecule has 2 aliphatic rings. The SMILES string of the molecule is CCN(CC)CC/C=C\c1cc(F)ccc1S(=O)(=O)Nc1ccc2c(c1OC(=O)O)OC[C@H]1C[C@@H]21. The Kier molecular flexibility index (Phi) is 7.32. The number of hydrogen-bond acceptors (Lipinski definition) is 6. The smallest absolute Gasteiger partial charge is 0.489 e. The molecule has 188 valence electrons. The quantitative estimate of drug-likeness (QED) is 0.349. The van der Waals surface area contributed by atoms with Crippen molar-refractivity contribution in [3.63, 3.8) is 0 Å². The van der Waals surface area contributed by atoms with Gasteiger partial charge >= 0.3 is 6.16 Å². The number of anilines is 1. The number of sulfonamides is 1. The van der Waals surface area contributed by atoms with E-state index < -0.39 is 22.0 Å². The summed E-state index contributed by atoms with van der Waals surface area (Å²) in [5.41, 5.74) is 0.929. The van der Waals surface area contributed by atoms with Crippen LogP contribution >= 0.6 is 0 Å². The molecule has 4 rings (SSSR count). The third-order valence-electron chi connectivity index (χ3n) is 6.41. The van der Waals surface area contributed by atoms with Crippen molar-refractivity contribution in [2.45, 2.75) is 37.5 Å². The number of nitrogens with zero attached hydrogens (tertiary/aromatic N) is 1. The average Bonchev–Trinajstić information content (AvgIpc) is 3.60. The Morgan fingerprint density at radius 3 is 2.77 bits per heavy atom. The van der Waals surface area contributed by atoms with Crippen molar-refractivity contribution >= 4 is 27.9 Å². The molecule has 0 amide bonds. The number of halogens is 1. The lowest BCUT2D eigenvalue weighted by atomic mass is 10.0. The van der Waals surface area contributed by atoms with Gasteiger partial charge in [-0.1, -0.05) is 32.1 Å². The lowest BCUT2D eigenvalue weighted by Crippen LogP contribution is -2.23. The van der Waals surface area contributed by atoms with Gasteiger partial charge in [-0.3, -0.25) is 4.72 Å². The molecule has 1 aliphatic heterocycles. The maximum atomic E-state index is 14.0. The molecule has 1 saturated carbocycles. The minimum Gasteiger partial charge on any atom is -0.489 e. The number of rotatable bonds is 10. The summed E-state index contributed by atoms with van der Waals surface area (Å²) in [6.07, 6.45) is 3.41. The van der Waals surface area contributed by atoms with Gasteiger partial charge in [-0.25, -0.2) is 17.6 Å². The molecule has 0 saturated heterocycles. The van der Waals surface area contributed by atoms with Crippen molar-refractivity contribution in [1.29, 1.82) is 0 Å². The van der Waals surface area contributed by atoms with Crippen LogP contribution in [0.1, 0.15) is 43.7 Å². The highest BCUT2D eigenvalue weighted by Gasteiger charge is 2.45. The summed E-state index contributed by atoms with van der Waals surface area (Å²) in [5.74, 6) is 0.122. The van der Waals surface area contributed by atoms with Crippen molar-refractivity contribution in [2.24, 2.45) is 5.92 Å². The zero-order chi connectivity index (χ0) is 25.2. The van der Waals surface area contributed by atoms with E-state index in [1.54, 1.807) is 12.1 Å². The molecule has 0 aromatic heterocycles. The average molecular weight is 505 g/mol. The number of carboxylic acid groups (broad SMARTS) is 1. The van der Waals surface area contributed by atoms with Crippen molar-refractivity contribution < 1.29 is 32.2 Å². The molecular weight excluding hydrogens is 475 g/mol. The molecule has 0 radical (unpaired) electrons. The van der Waals surface area contributed by atoms with E-state index in [1.807, 2.05) is 6.08 Å². The van der Waals surface area contributed by atoms with Crippen LogP contribution in [0.25, 0.3) is 6.08 Å². The molecule has 1 heterocycles. The second-order valence-corrected chi connectivity index (χ2v) is 10.3. The van der Waals surface area contributed by atoms with Crippen molar-refractivity contribution in [1.82, 2.24) is 4.90 Å². The number of carbonyl (C=O) groups is 1. The van der Waals surface area contributed by atoms with Crippen molar-refractivity contribution in [3.05, 3.63) is 53.4 Å². The number of benzene rings is 2. The minimum absolute atomic E-state index is 0.0639. The summed E-state index contributed by atoms with van der Waals surface area (Å²) in [6.45, 7) is 7.15. The third-order valence-corrected chi connectivity index (χ3v) is 7.84. The third kappa shape index (κ3) is 5.59. The van der Waals surface area contributed by atoms with E-state index in [0.29, 0.717) is 18.9 Å². The molecule has 10 heteroatoms. The molecular formula is C25H29FN2O6S. The van der Waals surface area contributed by atoms with Gasteiger partial charge in [0, 0.05) is 18.0 Å². The van der Waals surface area contributed by atoms with E-state index in [4.69, 9.17) is 9.47 Å². The Morgan fingerprint density at radius 1 is 1.29 bits per heavy atom. The van der Waals surface area contributed by atoms with Gasteiger partial charge in [0.2, 0.25) is 5.75 Å². The van der Waals surface area contributed by atoms with E-state index in [9.17, 15) is 22.7 Å². The first-order valence-corrected chi connectivity index (χ1v) is 13.1. The van der Waals surface area contributed by atoms with Crippen LogP contribution in [0.5, 0.6) is 11.5 Å². The van der Waals surface area contributed by atoms with Gasteiger partial charge in [-0.15, -0.1) is 0 Å². The standard InChI is InChI=1S/C25H29FN2O6S/c1-3-28(4-2)12-6-5-7-16-13-18(26)8-11-22(16)35(31,32)27-21-10-9-19-20-14-17(20)15-33-23(19)24(21)34-25(29)30/h5,7-11,13,17,20,27H,3-4,6,12,14-15H2,1-2H3,(H,29,30)/b7-5-/t17-,20-/m1/s1. The van der Waals surface area contributed by atoms with Crippen LogP contribution in [0.15, 0.2) is 41.3 Å². The van der Waals surface area contributed by atoms with Crippen LogP contribution in [-0.4, -0.2) is 50.8 Å². The fourth-order valence-electron chi connectivity index (χ4n) is 4.39.